The van der Waals surface area contributed by atoms with E-state index in [0.717, 1.165) is 17.5 Å². The lowest BCUT2D eigenvalue weighted by molar-refractivity contribution is -0.156. The van der Waals surface area contributed by atoms with Crippen LogP contribution in [0.4, 0.5) is 5.69 Å². The van der Waals surface area contributed by atoms with Gasteiger partial charge in [-0.3, -0.25) is 4.79 Å². The number of anilines is 1. The molecule has 0 spiro atoms. The van der Waals surface area contributed by atoms with Gasteiger partial charge in [-0.2, -0.15) is 0 Å². The summed E-state index contributed by atoms with van der Waals surface area (Å²) in [7, 11) is 0. The Hall–Kier alpha value is -2.66. The third-order valence-electron chi connectivity index (χ3n) is 3.81. The van der Waals surface area contributed by atoms with Crippen LogP contribution in [0.5, 0.6) is 0 Å². The van der Waals surface area contributed by atoms with Crippen molar-refractivity contribution in [3.8, 4) is 11.1 Å². The van der Waals surface area contributed by atoms with Crippen molar-refractivity contribution in [3.63, 3.8) is 0 Å². The molecule has 5 nitrogen and oxygen atoms in total. The Morgan fingerprint density at radius 1 is 1.04 bits per heavy atom. The predicted octanol–water partition coefficient (Wildman–Crippen LogP) is 3.01. The van der Waals surface area contributed by atoms with Crippen molar-refractivity contribution in [1.82, 2.24) is 0 Å². The zero-order chi connectivity index (χ0) is 16.8. The van der Waals surface area contributed by atoms with Crippen molar-refractivity contribution < 1.29 is 19.1 Å². The van der Waals surface area contributed by atoms with Crippen LogP contribution in [0.2, 0.25) is 0 Å². The van der Waals surface area contributed by atoms with Crippen molar-refractivity contribution in [3.05, 3.63) is 54.6 Å². The van der Waals surface area contributed by atoms with E-state index in [9.17, 15) is 9.59 Å². The number of rotatable bonds is 5. The topological polar surface area (TPSA) is 64.6 Å². The van der Waals surface area contributed by atoms with Crippen molar-refractivity contribution in [1.29, 1.82) is 0 Å². The number of ether oxygens (including phenoxy) is 2. The lowest BCUT2D eigenvalue weighted by Crippen LogP contribution is -2.27. The van der Waals surface area contributed by atoms with Gasteiger partial charge in [0.15, 0.2) is 12.7 Å². The summed E-state index contributed by atoms with van der Waals surface area (Å²) in [4.78, 5) is 23.5. The Kier molecular flexibility index (Phi) is 5.23. The Morgan fingerprint density at radius 3 is 2.42 bits per heavy atom. The van der Waals surface area contributed by atoms with E-state index in [1.807, 2.05) is 54.6 Å². The fourth-order valence-electron chi connectivity index (χ4n) is 2.57. The number of carbonyl (C=O) groups excluding carboxylic acids is 2. The van der Waals surface area contributed by atoms with Crippen molar-refractivity contribution in [2.75, 3.05) is 18.5 Å². The van der Waals surface area contributed by atoms with Crippen molar-refractivity contribution >= 4 is 17.6 Å². The van der Waals surface area contributed by atoms with Gasteiger partial charge in [-0.15, -0.1) is 0 Å². The van der Waals surface area contributed by atoms with Crippen LogP contribution >= 0.6 is 0 Å². The van der Waals surface area contributed by atoms with Gasteiger partial charge in [0.2, 0.25) is 0 Å². The molecule has 0 radical (unpaired) electrons. The number of benzene rings is 2. The van der Waals surface area contributed by atoms with Crippen molar-refractivity contribution in [2.45, 2.75) is 18.9 Å². The van der Waals surface area contributed by atoms with Crippen LogP contribution < -0.4 is 5.32 Å². The first kappa shape index (κ1) is 16.2. The van der Waals surface area contributed by atoms with E-state index >= 15 is 0 Å². The molecule has 1 saturated heterocycles. The molecule has 5 heteroatoms. The molecule has 0 aliphatic carbocycles. The normalized spacial score (nSPS) is 16.6. The Balaban J connectivity index is 1.50. The van der Waals surface area contributed by atoms with Gasteiger partial charge in [0, 0.05) is 12.3 Å². The summed E-state index contributed by atoms with van der Waals surface area (Å²) < 4.78 is 10.2. The second-order valence-corrected chi connectivity index (χ2v) is 5.60. The maximum absolute atomic E-state index is 11.9. The second-order valence-electron chi connectivity index (χ2n) is 5.60. The summed E-state index contributed by atoms with van der Waals surface area (Å²) in [5.74, 6) is -0.837. The molecule has 1 aliphatic rings. The van der Waals surface area contributed by atoms with E-state index in [1.165, 1.54) is 0 Å². The second kappa shape index (κ2) is 7.75. The summed E-state index contributed by atoms with van der Waals surface area (Å²) >= 11 is 0. The molecule has 0 bridgehead atoms. The highest BCUT2D eigenvalue weighted by molar-refractivity contribution is 5.93. The third-order valence-corrected chi connectivity index (χ3v) is 3.81. The van der Waals surface area contributed by atoms with E-state index in [0.29, 0.717) is 18.7 Å². The number of esters is 1. The number of hydrogen-bond acceptors (Lipinski definition) is 4. The monoisotopic (exact) mass is 325 g/mol. The maximum atomic E-state index is 11.9. The van der Waals surface area contributed by atoms with E-state index in [4.69, 9.17) is 9.47 Å². The average molecular weight is 325 g/mol. The van der Waals surface area contributed by atoms with Gasteiger partial charge in [0.05, 0.1) is 0 Å². The number of carbonyl (C=O) groups is 2. The minimum Gasteiger partial charge on any atom is -0.454 e. The van der Waals surface area contributed by atoms with Crippen LogP contribution in [0.15, 0.2) is 54.6 Å². The first-order chi connectivity index (χ1) is 11.7. The number of nitrogens with one attached hydrogen (secondary N) is 1. The van der Waals surface area contributed by atoms with E-state index in [2.05, 4.69) is 5.32 Å². The number of hydrogen-bond donors (Lipinski definition) is 1. The molecule has 2 aromatic carbocycles. The van der Waals surface area contributed by atoms with E-state index in [-0.39, 0.29) is 12.5 Å². The minimum absolute atomic E-state index is 0.306. The first-order valence-corrected chi connectivity index (χ1v) is 7.96. The van der Waals surface area contributed by atoms with Crippen molar-refractivity contribution in [2.24, 2.45) is 0 Å². The van der Waals surface area contributed by atoms with Crippen LogP contribution in [-0.2, 0) is 19.1 Å². The highest BCUT2D eigenvalue weighted by Gasteiger charge is 2.25. The van der Waals surface area contributed by atoms with Gasteiger partial charge in [0.1, 0.15) is 0 Å². The first-order valence-electron chi connectivity index (χ1n) is 7.96. The average Bonchev–Trinajstić information content (AvgIpc) is 3.16. The Labute approximate surface area is 140 Å². The van der Waals surface area contributed by atoms with Crippen LogP contribution in [0.1, 0.15) is 12.8 Å². The maximum Gasteiger partial charge on any atom is 0.335 e. The molecule has 1 aliphatic heterocycles. The largest absolute Gasteiger partial charge is 0.454 e. The molecule has 24 heavy (non-hydrogen) atoms. The molecular formula is C19H19NO4. The fraction of sp³-hybridized carbons (Fsp3) is 0.263. The summed E-state index contributed by atoms with van der Waals surface area (Å²) in [6, 6.07) is 17.5. The lowest BCUT2D eigenvalue weighted by Gasteiger charge is -2.10. The quantitative estimate of drug-likeness (QED) is 0.858. The van der Waals surface area contributed by atoms with Crippen LogP contribution in [0, 0.1) is 0 Å². The molecule has 1 amide bonds. The Bertz CT molecular complexity index is 691. The molecule has 1 N–H and O–H groups in total. The van der Waals surface area contributed by atoms with Gasteiger partial charge in [-0.05, 0) is 36.1 Å². The molecular weight excluding hydrogens is 306 g/mol. The van der Waals surface area contributed by atoms with Gasteiger partial charge in [-0.25, -0.2) is 4.79 Å². The molecule has 3 rings (SSSR count). The predicted molar refractivity (Wildman–Crippen MR) is 90.4 cm³/mol. The lowest BCUT2D eigenvalue weighted by atomic mass is 10.1. The SMILES string of the molecule is O=C(COC(=O)[C@H]1CCCO1)Nc1ccc(-c2ccccc2)cc1. The number of amides is 1. The molecule has 124 valence electrons. The summed E-state index contributed by atoms with van der Waals surface area (Å²) in [6.45, 7) is 0.263. The Morgan fingerprint density at radius 2 is 1.75 bits per heavy atom. The minimum atomic E-state index is -0.525. The van der Waals surface area contributed by atoms with Gasteiger partial charge >= 0.3 is 5.97 Å². The molecule has 0 unspecified atom stereocenters. The van der Waals surface area contributed by atoms with Crippen LogP contribution in [-0.4, -0.2) is 31.2 Å². The zero-order valence-electron chi connectivity index (χ0n) is 13.2. The third kappa shape index (κ3) is 4.20. The zero-order valence-corrected chi connectivity index (χ0v) is 13.2. The summed E-state index contributed by atoms with van der Waals surface area (Å²) in [6.07, 6.45) is 0.976. The van der Waals surface area contributed by atoms with Crippen LogP contribution in [0.3, 0.4) is 0 Å². The van der Waals surface area contributed by atoms with Gasteiger partial charge in [0.25, 0.3) is 5.91 Å². The molecule has 1 fully saturated rings. The summed E-state index contributed by atoms with van der Waals surface area (Å²) in [5, 5.41) is 2.71. The molecule has 0 saturated carbocycles. The fourth-order valence-corrected chi connectivity index (χ4v) is 2.57. The highest BCUT2D eigenvalue weighted by Crippen LogP contribution is 2.21. The molecule has 2 aromatic rings. The van der Waals surface area contributed by atoms with Gasteiger partial charge in [-0.1, -0.05) is 42.5 Å². The smallest absolute Gasteiger partial charge is 0.335 e. The van der Waals surface area contributed by atoms with E-state index < -0.39 is 12.1 Å². The van der Waals surface area contributed by atoms with E-state index in [1.54, 1.807) is 0 Å². The molecule has 1 heterocycles. The standard InChI is InChI=1S/C19H19NO4/c21-18(13-24-19(22)17-7-4-12-23-17)20-16-10-8-15(9-11-16)14-5-2-1-3-6-14/h1-3,5-6,8-11,17H,4,7,12-13H2,(H,20,21)/t17-/m1/s1. The van der Waals surface area contributed by atoms with Gasteiger partial charge < -0.3 is 14.8 Å². The molecule has 1 atom stereocenters. The van der Waals surface area contributed by atoms with Crippen LogP contribution in [0.25, 0.3) is 11.1 Å². The summed E-state index contributed by atoms with van der Waals surface area (Å²) in [5.41, 5.74) is 2.84. The highest BCUT2D eigenvalue weighted by atomic mass is 16.6. The molecule has 0 aromatic heterocycles.